The van der Waals surface area contributed by atoms with Gasteiger partial charge in [0.2, 0.25) is 5.91 Å². The summed E-state index contributed by atoms with van der Waals surface area (Å²) in [6.45, 7) is 0.462. The summed E-state index contributed by atoms with van der Waals surface area (Å²) in [6, 6.07) is 27.2. The molecule has 0 spiro atoms. The first-order valence-corrected chi connectivity index (χ1v) is 13.8. The Kier molecular flexibility index (Phi) is 7.64. The Morgan fingerprint density at radius 2 is 1.57 bits per heavy atom. The van der Waals surface area contributed by atoms with Crippen molar-refractivity contribution >= 4 is 23.6 Å². The summed E-state index contributed by atoms with van der Waals surface area (Å²) in [5.74, 6) is 0.277. The van der Waals surface area contributed by atoms with Crippen molar-refractivity contribution in [2.24, 2.45) is 0 Å². The zero-order valence-electron chi connectivity index (χ0n) is 23.0. The lowest BCUT2D eigenvalue weighted by Crippen LogP contribution is -2.24. The number of benzene rings is 2. The third kappa shape index (κ3) is 5.86. The number of pyridine rings is 3. The molecule has 0 unspecified atom stereocenters. The van der Waals surface area contributed by atoms with Crippen LogP contribution in [0, 0.1) is 0 Å². The topological polar surface area (TPSA) is 111 Å². The van der Waals surface area contributed by atoms with Gasteiger partial charge in [-0.1, -0.05) is 60.7 Å². The van der Waals surface area contributed by atoms with E-state index in [2.05, 4.69) is 20.3 Å². The summed E-state index contributed by atoms with van der Waals surface area (Å²) >= 11 is 0. The first-order valence-electron chi connectivity index (χ1n) is 13.8. The molecule has 2 aromatic carbocycles. The fourth-order valence-electron chi connectivity index (χ4n) is 5.11. The number of nitrogen functional groups attached to an aromatic ring is 1. The number of amides is 1. The smallest absolute Gasteiger partial charge is 0.247 e. The molecule has 0 saturated carbocycles. The summed E-state index contributed by atoms with van der Waals surface area (Å²) in [7, 11) is 0. The summed E-state index contributed by atoms with van der Waals surface area (Å²) in [5.41, 5.74) is 14.4. The van der Waals surface area contributed by atoms with Crippen LogP contribution >= 0.6 is 0 Å². The molecule has 3 aromatic heterocycles. The first-order chi connectivity index (χ1) is 20.5. The molecule has 5 aromatic rings. The highest BCUT2D eigenvalue weighted by atomic mass is 16.1. The number of carbonyl (C=O) groups excluding carboxylic acids is 2. The first kappa shape index (κ1) is 26.8. The average molecular weight is 552 g/mol. The van der Waals surface area contributed by atoms with Crippen LogP contribution in [0.3, 0.4) is 0 Å². The van der Waals surface area contributed by atoms with Crippen molar-refractivity contribution in [3.8, 4) is 22.4 Å². The Morgan fingerprint density at radius 3 is 2.31 bits per heavy atom. The van der Waals surface area contributed by atoms with E-state index >= 15 is 0 Å². The number of nitrogens with one attached hydrogen (secondary N) is 1. The summed E-state index contributed by atoms with van der Waals surface area (Å²) in [6.07, 6.45) is 8.53. The molecular formula is C35H29N5O2. The SMILES string of the molecule is Nc1ncc(-c2ccnc3c2C=C(C(=O)NCc2ccccc2)C3)cc1-c1ccc(C(=O)CCc2ccccc2)cn1. The maximum absolute atomic E-state index is 12.9. The van der Waals surface area contributed by atoms with Crippen LogP contribution in [0.1, 0.15) is 39.2 Å². The lowest BCUT2D eigenvalue weighted by Gasteiger charge is -2.11. The Balaban J connectivity index is 1.20. The number of aryl methyl sites for hydroxylation is 1. The molecule has 6 rings (SSSR count). The van der Waals surface area contributed by atoms with Gasteiger partial charge in [0.15, 0.2) is 5.78 Å². The second-order valence-corrected chi connectivity index (χ2v) is 10.2. The van der Waals surface area contributed by atoms with E-state index in [0.717, 1.165) is 33.5 Å². The van der Waals surface area contributed by atoms with Crippen molar-refractivity contribution < 1.29 is 9.59 Å². The second-order valence-electron chi connectivity index (χ2n) is 10.2. The van der Waals surface area contributed by atoms with Gasteiger partial charge in [0.25, 0.3) is 0 Å². The molecule has 7 heteroatoms. The van der Waals surface area contributed by atoms with Gasteiger partial charge in [0.1, 0.15) is 5.82 Å². The van der Waals surface area contributed by atoms with Gasteiger partial charge in [-0.2, -0.15) is 0 Å². The predicted molar refractivity (Wildman–Crippen MR) is 164 cm³/mol. The number of Topliss-reactive ketones (excluding diaryl/α,β-unsaturated/α-hetero) is 1. The van der Waals surface area contributed by atoms with Crippen molar-refractivity contribution in [3.05, 3.63) is 137 Å². The van der Waals surface area contributed by atoms with Crippen LogP contribution in [0.15, 0.2) is 109 Å². The van der Waals surface area contributed by atoms with Gasteiger partial charge in [0, 0.05) is 65.8 Å². The summed E-state index contributed by atoms with van der Waals surface area (Å²) in [4.78, 5) is 39.2. The minimum absolute atomic E-state index is 0.0421. The Bertz CT molecular complexity index is 1780. The number of hydrogen-bond acceptors (Lipinski definition) is 6. The standard InChI is InChI=1S/C35H29N5O2/c36-34-30(31-13-12-25(21-38-31)33(41)14-11-23-7-3-1-4-8-23)18-27(22-39-34)28-15-16-37-32-19-26(17-29(28)32)35(42)40-20-24-9-5-2-6-10-24/h1-10,12-13,15-18,21-22H,11,14,19-20H2,(H2,36,39)(H,40,42). The fraction of sp³-hybridized carbons (Fsp3) is 0.114. The number of aromatic nitrogens is 3. The van der Waals surface area contributed by atoms with Crippen molar-refractivity contribution in [1.82, 2.24) is 20.3 Å². The molecule has 0 radical (unpaired) electrons. The number of hydrogen-bond donors (Lipinski definition) is 2. The number of nitrogens with zero attached hydrogens (tertiary/aromatic N) is 3. The van der Waals surface area contributed by atoms with Gasteiger partial charge in [-0.05, 0) is 53.5 Å². The van der Waals surface area contributed by atoms with E-state index in [-0.39, 0.29) is 11.7 Å². The quantitative estimate of drug-likeness (QED) is 0.222. The van der Waals surface area contributed by atoms with Crippen molar-refractivity contribution in [3.63, 3.8) is 0 Å². The van der Waals surface area contributed by atoms with Gasteiger partial charge in [-0.3, -0.25) is 19.6 Å². The molecule has 42 heavy (non-hydrogen) atoms. The van der Waals surface area contributed by atoms with Crippen LogP contribution < -0.4 is 11.1 Å². The van der Waals surface area contributed by atoms with E-state index < -0.39 is 0 Å². The van der Waals surface area contributed by atoms with Crippen molar-refractivity contribution in [2.45, 2.75) is 25.8 Å². The minimum Gasteiger partial charge on any atom is -0.383 e. The molecule has 1 amide bonds. The largest absolute Gasteiger partial charge is 0.383 e. The van der Waals surface area contributed by atoms with E-state index in [4.69, 9.17) is 5.73 Å². The average Bonchev–Trinajstić information content (AvgIpc) is 3.49. The highest BCUT2D eigenvalue weighted by Gasteiger charge is 2.23. The number of ketones is 1. The Morgan fingerprint density at radius 1 is 0.810 bits per heavy atom. The summed E-state index contributed by atoms with van der Waals surface area (Å²) < 4.78 is 0. The molecule has 206 valence electrons. The third-order valence-electron chi connectivity index (χ3n) is 7.41. The lowest BCUT2D eigenvalue weighted by molar-refractivity contribution is -0.117. The highest BCUT2D eigenvalue weighted by molar-refractivity contribution is 6.01. The maximum Gasteiger partial charge on any atom is 0.247 e. The van der Waals surface area contributed by atoms with Crippen molar-refractivity contribution in [2.75, 3.05) is 5.73 Å². The monoisotopic (exact) mass is 551 g/mol. The third-order valence-corrected chi connectivity index (χ3v) is 7.41. The number of carbonyl (C=O) groups is 2. The van der Waals surface area contributed by atoms with Gasteiger partial charge in [0.05, 0.1) is 11.4 Å². The fourth-order valence-corrected chi connectivity index (χ4v) is 5.11. The molecule has 0 bridgehead atoms. The normalized spacial score (nSPS) is 12.0. The van der Waals surface area contributed by atoms with Crippen LogP contribution in [0.25, 0.3) is 28.5 Å². The van der Waals surface area contributed by atoms with E-state index in [9.17, 15) is 9.59 Å². The number of fused-ring (bicyclic) bond motifs is 1. The van der Waals surface area contributed by atoms with Crippen LogP contribution in [-0.2, 0) is 24.2 Å². The molecule has 1 aliphatic carbocycles. The molecule has 0 atom stereocenters. The Hall–Kier alpha value is -5.43. The molecule has 0 aliphatic heterocycles. The van der Waals surface area contributed by atoms with Gasteiger partial charge in [-0.25, -0.2) is 4.98 Å². The molecule has 0 fully saturated rings. The van der Waals surface area contributed by atoms with E-state index in [1.807, 2.05) is 78.9 Å². The number of anilines is 1. The minimum atomic E-state index is -0.110. The van der Waals surface area contributed by atoms with Gasteiger partial charge in [-0.15, -0.1) is 0 Å². The summed E-state index contributed by atoms with van der Waals surface area (Å²) in [5, 5.41) is 3.01. The second kappa shape index (κ2) is 12.0. The molecule has 3 heterocycles. The van der Waals surface area contributed by atoms with E-state index in [1.54, 1.807) is 30.7 Å². The van der Waals surface area contributed by atoms with Crippen LogP contribution in [0.4, 0.5) is 5.82 Å². The number of rotatable bonds is 9. The number of nitrogens with two attached hydrogens (primary N) is 1. The molecular weight excluding hydrogens is 522 g/mol. The van der Waals surface area contributed by atoms with Gasteiger partial charge >= 0.3 is 0 Å². The highest BCUT2D eigenvalue weighted by Crippen LogP contribution is 2.35. The molecule has 3 N–H and O–H groups in total. The molecule has 0 saturated heterocycles. The lowest BCUT2D eigenvalue weighted by atomic mass is 9.99. The maximum atomic E-state index is 12.9. The van der Waals surface area contributed by atoms with Crippen LogP contribution in [-0.4, -0.2) is 26.6 Å². The molecule has 1 aliphatic rings. The van der Waals surface area contributed by atoms with Crippen LogP contribution in [0.5, 0.6) is 0 Å². The zero-order valence-corrected chi connectivity index (χ0v) is 23.0. The Labute approximate surface area is 244 Å². The zero-order chi connectivity index (χ0) is 28.9. The van der Waals surface area contributed by atoms with Crippen molar-refractivity contribution in [1.29, 1.82) is 0 Å². The predicted octanol–water partition coefficient (Wildman–Crippen LogP) is 5.86. The van der Waals surface area contributed by atoms with Gasteiger partial charge < -0.3 is 11.1 Å². The molecule has 7 nitrogen and oxygen atoms in total. The van der Waals surface area contributed by atoms with E-state index in [0.29, 0.717) is 54.0 Å². The van der Waals surface area contributed by atoms with E-state index in [1.165, 1.54) is 0 Å². The van der Waals surface area contributed by atoms with Crippen LogP contribution in [0.2, 0.25) is 0 Å².